The van der Waals surface area contributed by atoms with E-state index in [4.69, 9.17) is 25.5 Å². The van der Waals surface area contributed by atoms with Crippen molar-refractivity contribution in [3.8, 4) is 5.75 Å². The standard InChI is InChI=1S/C25H33N8O4P/c1-19(13-32-17-30-23-24(26)28-16-29-25(23)32)36-18-31-38(27,34)33(37-22-11-7-4-8-12-22)14-20(2)35-15-21-9-5-3-6-10-21/h3-12,16-17,19-20H,13-15,18H2,1-2H3,(H2,26,28,29)(H3,27,31,34)/t19-,20+,38?/m1/s1. The lowest BCUT2D eigenvalue weighted by Gasteiger charge is -2.30. The van der Waals surface area contributed by atoms with E-state index in [2.05, 4.69) is 20.0 Å². The van der Waals surface area contributed by atoms with E-state index in [1.54, 1.807) is 18.5 Å². The van der Waals surface area contributed by atoms with E-state index in [0.717, 1.165) is 5.56 Å². The van der Waals surface area contributed by atoms with Gasteiger partial charge in [-0.2, -0.15) is 0 Å². The SMILES string of the molecule is C[C@H](Cn1cnc2c(N)ncnc21)OCNP(N)(=O)N(C[C@H](C)OCc1ccccc1)Oc1ccccc1. The highest BCUT2D eigenvalue weighted by molar-refractivity contribution is 7.56. The summed E-state index contributed by atoms with van der Waals surface area (Å²) in [5.41, 5.74) is 14.3. The summed E-state index contributed by atoms with van der Waals surface area (Å²) < 4.78 is 27.1. The number of fused-ring (bicyclic) bond motifs is 1. The fraction of sp³-hybridized carbons (Fsp3) is 0.320. The molecule has 2 aromatic carbocycles. The number of rotatable bonds is 14. The van der Waals surface area contributed by atoms with Crippen LogP contribution < -0.4 is 21.2 Å². The van der Waals surface area contributed by atoms with Crippen LogP contribution >= 0.6 is 7.59 Å². The molecule has 0 aliphatic rings. The third kappa shape index (κ3) is 7.57. The van der Waals surface area contributed by atoms with Crippen LogP contribution in [-0.4, -0.2) is 49.8 Å². The number of nitrogen functional groups attached to an aromatic ring is 1. The minimum atomic E-state index is -3.69. The molecule has 0 radical (unpaired) electrons. The van der Waals surface area contributed by atoms with Gasteiger partial charge in [0.05, 0.1) is 38.2 Å². The fourth-order valence-electron chi connectivity index (χ4n) is 3.62. The molecule has 4 rings (SSSR count). The molecule has 3 atom stereocenters. The summed E-state index contributed by atoms with van der Waals surface area (Å²) in [5, 5.41) is 2.80. The number of hydrogen-bond acceptors (Lipinski definition) is 8. The van der Waals surface area contributed by atoms with Crippen LogP contribution in [0.15, 0.2) is 73.3 Å². The second kappa shape index (κ2) is 12.9. The molecular formula is C25H33N8O4P. The largest absolute Gasteiger partial charge is 0.397 e. The van der Waals surface area contributed by atoms with Crippen LogP contribution in [-0.2, 0) is 27.2 Å². The number of hydroxylamine groups is 1. The summed E-state index contributed by atoms with van der Waals surface area (Å²) in [6.45, 7) is 4.67. The van der Waals surface area contributed by atoms with Crippen LogP contribution in [0.4, 0.5) is 5.82 Å². The number of aromatic nitrogens is 4. The van der Waals surface area contributed by atoms with Crippen molar-refractivity contribution < 1.29 is 18.9 Å². The molecule has 0 spiro atoms. The second-order valence-corrected chi connectivity index (χ2v) is 10.8. The Kier molecular flexibility index (Phi) is 9.40. The van der Waals surface area contributed by atoms with Gasteiger partial charge >= 0.3 is 7.59 Å². The summed E-state index contributed by atoms with van der Waals surface area (Å²) in [7, 11) is -3.69. The molecule has 38 heavy (non-hydrogen) atoms. The Labute approximate surface area is 221 Å². The third-order valence-electron chi connectivity index (χ3n) is 5.62. The van der Waals surface area contributed by atoms with Gasteiger partial charge in [-0.1, -0.05) is 53.4 Å². The average molecular weight is 541 g/mol. The summed E-state index contributed by atoms with van der Waals surface area (Å²) in [5.74, 6) is 0.811. The Morgan fingerprint density at radius 2 is 1.71 bits per heavy atom. The molecule has 2 aromatic heterocycles. The molecule has 2 heterocycles. The molecule has 0 bridgehead atoms. The molecule has 0 fully saturated rings. The maximum atomic E-state index is 13.5. The molecule has 0 amide bonds. The predicted octanol–water partition coefficient (Wildman–Crippen LogP) is 3.33. The van der Waals surface area contributed by atoms with Crippen molar-refractivity contribution in [2.45, 2.75) is 39.2 Å². The lowest BCUT2D eigenvalue weighted by atomic mass is 10.2. The van der Waals surface area contributed by atoms with Gasteiger partial charge in [-0.3, -0.25) is 10.1 Å². The number of nitrogens with zero attached hydrogens (tertiary/aromatic N) is 5. The van der Waals surface area contributed by atoms with Crippen molar-refractivity contribution in [2.24, 2.45) is 5.50 Å². The first-order chi connectivity index (χ1) is 18.3. The highest BCUT2D eigenvalue weighted by Crippen LogP contribution is 2.37. The van der Waals surface area contributed by atoms with Gasteiger partial charge in [0, 0.05) is 0 Å². The summed E-state index contributed by atoms with van der Waals surface area (Å²) in [6.07, 6.45) is 2.40. The van der Waals surface area contributed by atoms with E-state index < -0.39 is 7.59 Å². The van der Waals surface area contributed by atoms with Gasteiger partial charge in [0.25, 0.3) is 0 Å². The fourth-order valence-corrected chi connectivity index (χ4v) is 4.73. The smallest absolute Gasteiger partial charge is 0.312 e. The van der Waals surface area contributed by atoms with Gasteiger partial charge in [-0.15, -0.1) is 0 Å². The third-order valence-corrected chi connectivity index (χ3v) is 7.11. The number of nitrogens with two attached hydrogens (primary N) is 2. The Balaban J connectivity index is 1.34. The molecule has 1 unspecified atom stereocenters. The zero-order valence-corrected chi connectivity index (χ0v) is 22.3. The second-order valence-electron chi connectivity index (χ2n) is 8.78. The van der Waals surface area contributed by atoms with Gasteiger partial charge in [0.2, 0.25) is 0 Å². The minimum absolute atomic E-state index is 0.0768. The first-order valence-corrected chi connectivity index (χ1v) is 13.9. The van der Waals surface area contributed by atoms with Crippen molar-refractivity contribution in [1.82, 2.24) is 29.4 Å². The van der Waals surface area contributed by atoms with Crippen molar-refractivity contribution in [3.05, 3.63) is 78.9 Å². The Hall–Kier alpha value is -3.38. The summed E-state index contributed by atoms with van der Waals surface area (Å²) in [6, 6.07) is 18.8. The lowest BCUT2D eigenvalue weighted by molar-refractivity contribution is -0.0365. The van der Waals surface area contributed by atoms with E-state index in [-0.39, 0.29) is 25.5 Å². The zero-order chi connectivity index (χ0) is 27.0. The number of para-hydroxylation sites is 1. The van der Waals surface area contributed by atoms with E-state index in [1.807, 2.05) is 66.9 Å². The highest BCUT2D eigenvalue weighted by Gasteiger charge is 2.30. The summed E-state index contributed by atoms with van der Waals surface area (Å²) in [4.78, 5) is 19.6. The molecule has 13 heteroatoms. The molecule has 12 nitrogen and oxygen atoms in total. The molecule has 0 aliphatic carbocycles. The van der Waals surface area contributed by atoms with Crippen molar-refractivity contribution >= 4 is 24.6 Å². The highest BCUT2D eigenvalue weighted by atomic mass is 31.2. The number of hydrogen-bond donors (Lipinski definition) is 3. The Morgan fingerprint density at radius 1 is 1.00 bits per heavy atom. The molecular weight excluding hydrogens is 507 g/mol. The topological polar surface area (TPSA) is 156 Å². The first kappa shape index (κ1) is 27.6. The first-order valence-electron chi connectivity index (χ1n) is 12.1. The maximum absolute atomic E-state index is 13.5. The summed E-state index contributed by atoms with van der Waals surface area (Å²) >= 11 is 0. The quantitative estimate of drug-likeness (QED) is 0.122. The predicted molar refractivity (Wildman–Crippen MR) is 145 cm³/mol. The van der Waals surface area contributed by atoms with Gasteiger partial charge < -0.3 is 24.6 Å². The number of nitrogens with one attached hydrogen (secondary N) is 1. The Morgan fingerprint density at radius 3 is 2.45 bits per heavy atom. The zero-order valence-electron chi connectivity index (χ0n) is 21.4. The maximum Gasteiger partial charge on any atom is 0.312 e. The molecule has 0 saturated carbocycles. The van der Waals surface area contributed by atoms with E-state index in [0.29, 0.717) is 35.9 Å². The van der Waals surface area contributed by atoms with E-state index >= 15 is 0 Å². The van der Waals surface area contributed by atoms with Crippen LogP contribution in [0.2, 0.25) is 0 Å². The number of imidazole rings is 1. The number of benzene rings is 2. The van der Waals surface area contributed by atoms with Gasteiger partial charge in [-0.05, 0) is 31.5 Å². The van der Waals surface area contributed by atoms with E-state index in [9.17, 15) is 4.57 Å². The molecule has 0 aliphatic heterocycles. The lowest BCUT2D eigenvalue weighted by Crippen LogP contribution is -2.40. The van der Waals surface area contributed by atoms with E-state index in [1.165, 1.54) is 11.2 Å². The van der Waals surface area contributed by atoms with Crippen molar-refractivity contribution in [3.63, 3.8) is 0 Å². The number of ether oxygens (including phenoxy) is 2. The van der Waals surface area contributed by atoms with Crippen LogP contribution in [0.5, 0.6) is 5.75 Å². The average Bonchev–Trinajstić information content (AvgIpc) is 3.32. The Bertz CT molecular complexity index is 1340. The van der Waals surface area contributed by atoms with Crippen molar-refractivity contribution in [2.75, 3.05) is 19.0 Å². The van der Waals surface area contributed by atoms with Gasteiger partial charge in [0.1, 0.15) is 24.3 Å². The van der Waals surface area contributed by atoms with Gasteiger partial charge in [-0.25, -0.2) is 20.0 Å². The molecule has 4 aromatic rings. The minimum Gasteiger partial charge on any atom is -0.397 e. The van der Waals surface area contributed by atoms with Crippen LogP contribution in [0.3, 0.4) is 0 Å². The monoisotopic (exact) mass is 540 g/mol. The van der Waals surface area contributed by atoms with Gasteiger partial charge in [0.15, 0.2) is 11.5 Å². The molecule has 5 N–H and O–H groups in total. The van der Waals surface area contributed by atoms with Crippen LogP contribution in [0.25, 0.3) is 11.2 Å². The van der Waals surface area contributed by atoms with Crippen molar-refractivity contribution in [1.29, 1.82) is 0 Å². The normalized spacial score (nSPS) is 14.8. The number of anilines is 1. The molecule has 202 valence electrons. The van der Waals surface area contributed by atoms with Crippen LogP contribution in [0, 0.1) is 0 Å². The van der Waals surface area contributed by atoms with Crippen LogP contribution in [0.1, 0.15) is 19.4 Å². The molecule has 0 saturated heterocycles.